The highest BCUT2D eigenvalue weighted by molar-refractivity contribution is 5.74. The predicted octanol–water partition coefficient (Wildman–Crippen LogP) is 2.09. The van der Waals surface area contributed by atoms with Crippen LogP contribution in [0, 0.1) is 0 Å². The van der Waals surface area contributed by atoms with Gasteiger partial charge in [0.25, 0.3) is 6.01 Å². The third-order valence-corrected chi connectivity index (χ3v) is 3.77. The minimum absolute atomic E-state index is 0.366. The molecule has 0 N–H and O–H groups in total. The molecule has 0 aliphatic carbocycles. The zero-order valence-corrected chi connectivity index (χ0v) is 11.0. The quantitative estimate of drug-likeness (QED) is 0.728. The molecule has 102 valence electrons. The van der Waals surface area contributed by atoms with E-state index >= 15 is 0 Å². The zero-order chi connectivity index (χ0) is 13.4. The van der Waals surface area contributed by atoms with Gasteiger partial charge in [0.1, 0.15) is 18.2 Å². The number of nitrogens with zero attached hydrogens (tertiary/aromatic N) is 5. The summed E-state index contributed by atoms with van der Waals surface area (Å²) in [5.41, 5.74) is 1.75. The number of benzene rings is 1. The third-order valence-electron chi connectivity index (χ3n) is 3.77. The first-order chi connectivity index (χ1) is 9.90. The summed E-state index contributed by atoms with van der Waals surface area (Å²) >= 11 is 0. The molecule has 0 bridgehead atoms. The monoisotopic (exact) mass is 269 g/mol. The molecule has 1 aromatic carbocycles. The number of rotatable bonds is 3. The average Bonchev–Trinajstić information content (AvgIpc) is 3.18. The van der Waals surface area contributed by atoms with Gasteiger partial charge in [-0.25, -0.2) is 4.98 Å². The Morgan fingerprint density at radius 3 is 3.10 bits per heavy atom. The second kappa shape index (κ2) is 4.63. The molecule has 0 unspecified atom stereocenters. The van der Waals surface area contributed by atoms with Gasteiger partial charge in [-0.2, -0.15) is 10.1 Å². The number of anilines is 1. The lowest BCUT2D eigenvalue weighted by atomic mass is 10.2. The molecule has 0 amide bonds. The van der Waals surface area contributed by atoms with E-state index in [1.807, 2.05) is 28.9 Å². The summed E-state index contributed by atoms with van der Waals surface area (Å²) in [6, 6.07) is 8.96. The maximum atomic E-state index is 5.87. The Labute approximate surface area is 116 Å². The lowest BCUT2D eigenvalue weighted by Crippen LogP contribution is -2.33. The average molecular weight is 269 g/mol. The van der Waals surface area contributed by atoms with Crippen molar-refractivity contribution in [1.82, 2.24) is 19.7 Å². The molecule has 0 spiro atoms. The first-order valence-electron chi connectivity index (χ1n) is 6.85. The van der Waals surface area contributed by atoms with Crippen molar-refractivity contribution in [3.63, 3.8) is 0 Å². The molecular weight excluding hydrogens is 254 g/mol. The van der Waals surface area contributed by atoms with Gasteiger partial charge >= 0.3 is 0 Å². The zero-order valence-electron chi connectivity index (χ0n) is 11.0. The second-order valence-electron chi connectivity index (χ2n) is 5.07. The molecule has 1 atom stereocenters. The van der Waals surface area contributed by atoms with Crippen LogP contribution in [0.15, 0.2) is 41.3 Å². The third kappa shape index (κ3) is 1.93. The van der Waals surface area contributed by atoms with Crippen molar-refractivity contribution in [1.29, 1.82) is 0 Å². The van der Waals surface area contributed by atoms with E-state index in [1.54, 1.807) is 12.7 Å². The van der Waals surface area contributed by atoms with Crippen molar-refractivity contribution in [3.05, 3.63) is 36.9 Å². The van der Waals surface area contributed by atoms with Gasteiger partial charge in [-0.3, -0.25) is 4.68 Å². The van der Waals surface area contributed by atoms with Crippen molar-refractivity contribution in [2.45, 2.75) is 25.4 Å². The van der Waals surface area contributed by atoms with Crippen molar-refractivity contribution in [3.8, 4) is 0 Å². The normalized spacial score (nSPS) is 19.0. The molecule has 0 radical (unpaired) electrons. The number of hydrogen-bond donors (Lipinski definition) is 0. The van der Waals surface area contributed by atoms with E-state index in [0.29, 0.717) is 12.1 Å². The van der Waals surface area contributed by atoms with Crippen LogP contribution in [0.4, 0.5) is 6.01 Å². The molecule has 6 nitrogen and oxygen atoms in total. The van der Waals surface area contributed by atoms with Gasteiger partial charge in [0.15, 0.2) is 5.58 Å². The van der Waals surface area contributed by atoms with E-state index in [2.05, 4.69) is 20.0 Å². The smallest absolute Gasteiger partial charge is 0.298 e. The summed E-state index contributed by atoms with van der Waals surface area (Å²) in [5.74, 6) is 0. The molecule has 1 saturated heterocycles. The second-order valence-corrected chi connectivity index (χ2v) is 5.07. The molecule has 20 heavy (non-hydrogen) atoms. The first-order valence-corrected chi connectivity index (χ1v) is 6.85. The van der Waals surface area contributed by atoms with Gasteiger partial charge in [-0.05, 0) is 25.0 Å². The van der Waals surface area contributed by atoms with Crippen LogP contribution < -0.4 is 4.90 Å². The molecule has 1 aliphatic heterocycles. The Morgan fingerprint density at radius 2 is 2.25 bits per heavy atom. The SMILES string of the molecule is c1ccc2oc(N3CCC[C@@H]3Cn3cncn3)nc2c1. The Kier molecular flexibility index (Phi) is 2.65. The number of fused-ring (bicyclic) bond motifs is 1. The molecule has 0 saturated carbocycles. The van der Waals surface area contributed by atoms with Crippen molar-refractivity contribution < 1.29 is 4.42 Å². The molecule has 3 heterocycles. The number of oxazole rings is 1. The lowest BCUT2D eigenvalue weighted by Gasteiger charge is -2.22. The van der Waals surface area contributed by atoms with Gasteiger partial charge < -0.3 is 9.32 Å². The summed E-state index contributed by atoms with van der Waals surface area (Å²) < 4.78 is 7.74. The van der Waals surface area contributed by atoms with Gasteiger partial charge in [0.05, 0.1) is 12.6 Å². The number of hydrogen-bond acceptors (Lipinski definition) is 5. The largest absolute Gasteiger partial charge is 0.423 e. The van der Waals surface area contributed by atoms with Crippen LogP contribution in [-0.2, 0) is 6.54 Å². The lowest BCUT2D eigenvalue weighted by molar-refractivity contribution is 0.478. The highest BCUT2D eigenvalue weighted by atomic mass is 16.4. The van der Waals surface area contributed by atoms with Crippen LogP contribution >= 0.6 is 0 Å². The highest BCUT2D eigenvalue weighted by Gasteiger charge is 2.28. The fourth-order valence-electron chi connectivity index (χ4n) is 2.80. The Bertz CT molecular complexity index is 672. The van der Waals surface area contributed by atoms with Crippen LogP contribution in [0.25, 0.3) is 11.1 Å². The number of aromatic nitrogens is 4. The first kappa shape index (κ1) is 11.5. The van der Waals surface area contributed by atoms with Crippen molar-refractivity contribution in [2.24, 2.45) is 0 Å². The standard InChI is InChI=1S/C14H15N5O/c1-2-6-13-12(5-1)17-14(20-13)19-7-3-4-11(19)8-18-10-15-9-16-18/h1-2,5-6,9-11H,3-4,7-8H2/t11-/m1/s1. The fraction of sp³-hybridized carbons (Fsp3) is 0.357. The molecule has 1 aliphatic rings. The Balaban J connectivity index is 1.62. The Hall–Kier alpha value is -2.37. The molecule has 1 fully saturated rings. The molecular formula is C14H15N5O. The number of para-hydroxylation sites is 2. The summed E-state index contributed by atoms with van der Waals surface area (Å²) in [5, 5.41) is 4.18. The molecule has 2 aromatic heterocycles. The van der Waals surface area contributed by atoms with E-state index in [1.165, 1.54) is 0 Å². The summed E-state index contributed by atoms with van der Waals surface area (Å²) in [6.45, 7) is 1.80. The Morgan fingerprint density at radius 1 is 1.30 bits per heavy atom. The summed E-state index contributed by atoms with van der Waals surface area (Å²) in [7, 11) is 0. The van der Waals surface area contributed by atoms with E-state index in [9.17, 15) is 0 Å². The van der Waals surface area contributed by atoms with Gasteiger partial charge in [0.2, 0.25) is 0 Å². The van der Waals surface area contributed by atoms with Crippen LogP contribution in [0.1, 0.15) is 12.8 Å². The minimum atomic E-state index is 0.366. The summed E-state index contributed by atoms with van der Waals surface area (Å²) in [4.78, 5) is 10.8. The van der Waals surface area contributed by atoms with Gasteiger partial charge in [-0.15, -0.1) is 0 Å². The highest BCUT2D eigenvalue weighted by Crippen LogP contribution is 2.28. The van der Waals surface area contributed by atoms with Crippen LogP contribution in [0.2, 0.25) is 0 Å². The van der Waals surface area contributed by atoms with Gasteiger partial charge in [-0.1, -0.05) is 12.1 Å². The minimum Gasteiger partial charge on any atom is -0.423 e. The molecule has 3 aromatic rings. The van der Waals surface area contributed by atoms with Crippen LogP contribution in [0.3, 0.4) is 0 Å². The van der Waals surface area contributed by atoms with Gasteiger partial charge in [0, 0.05) is 6.54 Å². The van der Waals surface area contributed by atoms with E-state index in [0.717, 1.165) is 37.0 Å². The van der Waals surface area contributed by atoms with Crippen molar-refractivity contribution >= 4 is 17.1 Å². The van der Waals surface area contributed by atoms with E-state index in [4.69, 9.17) is 4.42 Å². The van der Waals surface area contributed by atoms with E-state index in [-0.39, 0.29) is 0 Å². The maximum absolute atomic E-state index is 5.87. The molecule has 6 heteroatoms. The van der Waals surface area contributed by atoms with Crippen LogP contribution in [0.5, 0.6) is 0 Å². The predicted molar refractivity (Wildman–Crippen MR) is 74.4 cm³/mol. The maximum Gasteiger partial charge on any atom is 0.298 e. The topological polar surface area (TPSA) is 60.0 Å². The van der Waals surface area contributed by atoms with Crippen molar-refractivity contribution in [2.75, 3.05) is 11.4 Å². The molecule has 4 rings (SSSR count). The van der Waals surface area contributed by atoms with Crippen LogP contribution in [-0.4, -0.2) is 32.3 Å². The summed E-state index contributed by atoms with van der Waals surface area (Å²) in [6.07, 6.45) is 5.60. The van der Waals surface area contributed by atoms with E-state index < -0.39 is 0 Å². The fourth-order valence-corrected chi connectivity index (χ4v) is 2.80.